The molecular weight excluding hydrogens is 315 g/mol. The monoisotopic (exact) mass is 330 g/mol. The van der Waals surface area contributed by atoms with Crippen LogP contribution >= 0.6 is 0 Å². The highest BCUT2D eigenvalue weighted by atomic mass is 19.1. The lowest BCUT2D eigenvalue weighted by Crippen LogP contribution is -1.95. The van der Waals surface area contributed by atoms with Gasteiger partial charge in [0.25, 0.3) is 5.89 Å². The summed E-state index contributed by atoms with van der Waals surface area (Å²) in [7, 11) is 4.58. The number of aromatic nitrogens is 2. The summed E-state index contributed by atoms with van der Waals surface area (Å²) in [5.74, 6) is 1.75. The van der Waals surface area contributed by atoms with E-state index in [2.05, 4.69) is 10.1 Å². The van der Waals surface area contributed by atoms with E-state index in [0.717, 1.165) is 0 Å². The van der Waals surface area contributed by atoms with Crippen molar-refractivity contribution in [2.24, 2.45) is 0 Å². The van der Waals surface area contributed by atoms with Crippen LogP contribution in [-0.2, 0) is 0 Å². The highest BCUT2D eigenvalue weighted by molar-refractivity contribution is 5.67. The molecule has 0 unspecified atom stereocenters. The topological polar surface area (TPSA) is 66.6 Å². The fraction of sp³-hybridized carbons (Fsp3) is 0.176. The lowest BCUT2D eigenvalue weighted by molar-refractivity contribution is 0.324. The molecule has 124 valence electrons. The largest absolute Gasteiger partial charge is 0.493 e. The average molecular weight is 330 g/mol. The first-order chi connectivity index (χ1) is 11.7. The van der Waals surface area contributed by atoms with E-state index in [1.165, 1.54) is 33.5 Å². The number of halogens is 1. The van der Waals surface area contributed by atoms with Gasteiger partial charge >= 0.3 is 0 Å². The van der Waals surface area contributed by atoms with Crippen LogP contribution in [0.1, 0.15) is 0 Å². The van der Waals surface area contributed by atoms with E-state index in [1.807, 2.05) is 0 Å². The van der Waals surface area contributed by atoms with Gasteiger partial charge in [0.15, 0.2) is 11.5 Å². The molecule has 0 saturated carbocycles. The minimum absolute atomic E-state index is 0.286. The van der Waals surface area contributed by atoms with Gasteiger partial charge in [-0.25, -0.2) is 4.39 Å². The fourth-order valence-electron chi connectivity index (χ4n) is 2.26. The molecule has 0 saturated heterocycles. The van der Waals surface area contributed by atoms with Gasteiger partial charge in [-0.1, -0.05) is 5.16 Å². The van der Waals surface area contributed by atoms with Crippen LogP contribution in [-0.4, -0.2) is 31.5 Å². The Balaban J connectivity index is 2.02. The molecule has 0 atom stereocenters. The maximum Gasteiger partial charge on any atom is 0.258 e. The summed E-state index contributed by atoms with van der Waals surface area (Å²) in [5.41, 5.74) is 1.27. The normalized spacial score (nSPS) is 10.5. The van der Waals surface area contributed by atoms with E-state index in [-0.39, 0.29) is 11.7 Å². The smallest absolute Gasteiger partial charge is 0.258 e. The van der Waals surface area contributed by atoms with Crippen LogP contribution in [0.3, 0.4) is 0 Å². The van der Waals surface area contributed by atoms with E-state index >= 15 is 0 Å². The second-order valence-electron chi connectivity index (χ2n) is 4.84. The summed E-state index contributed by atoms with van der Waals surface area (Å²) < 4.78 is 34.2. The van der Waals surface area contributed by atoms with Crippen molar-refractivity contribution in [3.05, 3.63) is 42.2 Å². The number of hydrogen-bond donors (Lipinski definition) is 0. The number of methoxy groups -OCH3 is 3. The molecule has 3 rings (SSSR count). The molecule has 0 fully saturated rings. The fourth-order valence-corrected chi connectivity index (χ4v) is 2.26. The van der Waals surface area contributed by atoms with Crippen LogP contribution in [0.2, 0.25) is 0 Å². The van der Waals surface area contributed by atoms with Crippen molar-refractivity contribution in [3.8, 4) is 40.1 Å². The molecule has 0 aliphatic rings. The molecule has 2 aromatic carbocycles. The van der Waals surface area contributed by atoms with Gasteiger partial charge in [-0.05, 0) is 36.4 Å². The standard InChI is InChI=1S/C17H15FN2O4/c1-21-13-8-11(9-14(22-2)15(13)23-3)17-19-16(20-24-17)10-4-6-12(18)7-5-10/h4-9H,1-3H3. The van der Waals surface area contributed by atoms with Crippen LogP contribution in [0.4, 0.5) is 4.39 Å². The summed E-state index contributed by atoms with van der Waals surface area (Å²) in [6.07, 6.45) is 0. The quantitative estimate of drug-likeness (QED) is 0.712. The Morgan fingerprint density at radius 3 is 2.04 bits per heavy atom. The number of benzene rings is 2. The lowest BCUT2D eigenvalue weighted by Gasteiger charge is -2.12. The maximum atomic E-state index is 13.0. The predicted molar refractivity (Wildman–Crippen MR) is 84.8 cm³/mol. The molecule has 0 aliphatic heterocycles. The minimum atomic E-state index is -0.327. The first-order valence-corrected chi connectivity index (χ1v) is 7.06. The second-order valence-corrected chi connectivity index (χ2v) is 4.84. The molecule has 24 heavy (non-hydrogen) atoms. The zero-order chi connectivity index (χ0) is 17.1. The molecule has 6 nitrogen and oxygen atoms in total. The Bertz CT molecular complexity index is 821. The van der Waals surface area contributed by atoms with Crippen molar-refractivity contribution in [1.29, 1.82) is 0 Å². The molecule has 0 N–H and O–H groups in total. The van der Waals surface area contributed by atoms with E-state index in [4.69, 9.17) is 18.7 Å². The lowest BCUT2D eigenvalue weighted by atomic mass is 10.1. The van der Waals surface area contributed by atoms with Crippen molar-refractivity contribution in [2.75, 3.05) is 21.3 Å². The predicted octanol–water partition coefficient (Wildman–Crippen LogP) is 3.57. The van der Waals surface area contributed by atoms with Gasteiger partial charge in [0.1, 0.15) is 5.82 Å². The molecule has 0 bridgehead atoms. The van der Waals surface area contributed by atoms with Crippen LogP contribution in [0, 0.1) is 5.82 Å². The Labute approximate surface area is 137 Å². The van der Waals surface area contributed by atoms with Gasteiger partial charge in [-0.15, -0.1) is 0 Å². The number of nitrogens with zero attached hydrogens (tertiary/aromatic N) is 2. The van der Waals surface area contributed by atoms with E-state index in [9.17, 15) is 4.39 Å². The first kappa shape index (κ1) is 15.8. The molecule has 0 radical (unpaired) electrons. The van der Waals surface area contributed by atoms with Crippen molar-refractivity contribution in [2.45, 2.75) is 0 Å². The van der Waals surface area contributed by atoms with Crippen molar-refractivity contribution in [1.82, 2.24) is 10.1 Å². The first-order valence-electron chi connectivity index (χ1n) is 7.06. The molecule has 1 heterocycles. The average Bonchev–Trinajstić information content (AvgIpc) is 3.11. The maximum absolute atomic E-state index is 13.0. The third-order valence-electron chi connectivity index (χ3n) is 3.44. The molecule has 0 amide bonds. The van der Waals surface area contributed by atoms with Crippen LogP contribution < -0.4 is 14.2 Å². The van der Waals surface area contributed by atoms with Gasteiger partial charge in [0.2, 0.25) is 11.6 Å². The number of hydrogen-bond acceptors (Lipinski definition) is 6. The molecule has 1 aromatic heterocycles. The summed E-state index contributed by atoms with van der Waals surface area (Å²) in [6, 6.07) is 9.26. The van der Waals surface area contributed by atoms with Gasteiger partial charge in [0, 0.05) is 11.1 Å². The van der Waals surface area contributed by atoms with Crippen molar-refractivity contribution >= 4 is 0 Å². The van der Waals surface area contributed by atoms with Crippen molar-refractivity contribution < 1.29 is 23.1 Å². The summed E-state index contributed by atoms with van der Waals surface area (Å²) in [4.78, 5) is 4.33. The van der Waals surface area contributed by atoms with E-state index in [0.29, 0.717) is 34.2 Å². The molecular formula is C17H15FN2O4. The van der Waals surface area contributed by atoms with Gasteiger partial charge in [0.05, 0.1) is 21.3 Å². The van der Waals surface area contributed by atoms with Crippen LogP contribution in [0.5, 0.6) is 17.2 Å². The SMILES string of the molecule is COc1cc(-c2nc(-c3ccc(F)cc3)no2)cc(OC)c1OC. The molecule has 7 heteroatoms. The highest BCUT2D eigenvalue weighted by Gasteiger charge is 2.18. The zero-order valence-electron chi connectivity index (χ0n) is 13.4. The molecule has 0 spiro atoms. The Kier molecular flexibility index (Phi) is 4.33. The van der Waals surface area contributed by atoms with Crippen LogP contribution in [0.25, 0.3) is 22.8 Å². The van der Waals surface area contributed by atoms with Crippen LogP contribution in [0.15, 0.2) is 40.9 Å². The van der Waals surface area contributed by atoms with Gasteiger partial charge < -0.3 is 18.7 Å². The molecule has 3 aromatic rings. The summed E-state index contributed by atoms with van der Waals surface area (Å²) in [6.45, 7) is 0. The summed E-state index contributed by atoms with van der Waals surface area (Å²) >= 11 is 0. The highest BCUT2D eigenvalue weighted by Crippen LogP contribution is 2.41. The van der Waals surface area contributed by atoms with Gasteiger partial charge in [-0.3, -0.25) is 0 Å². The minimum Gasteiger partial charge on any atom is -0.493 e. The number of ether oxygens (including phenoxy) is 3. The summed E-state index contributed by atoms with van der Waals surface area (Å²) in [5, 5.41) is 3.92. The van der Waals surface area contributed by atoms with Gasteiger partial charge in [-0.2, -0.15) is 4.98 Å². The Morgan fingerprint density at radius 1 is 0.875 bits per heavy atom. The number of rotatable bonds is 5. The Morgan fingerprint density at radius 2 is 1.50 bits per heavy atom. The molecule has 0 aliphatic carbocycles. The Hall–Kier alpha value is -3.09. The second kappa shape index (κ2) is 6.57. The van der Waals surface area contributed by atoms with E-state index < -0.39 is 0 Å². The van der Waals surface area contributed by atoms with Crippen molar-refractivity contribution in [3.63, 3.8) is 0 Å². The zero-order valence-corrected chi connectivity index (χ0v) is 13.4. The van der Waals surface area contributed by atoms with E-state index in [1.54, 1.807) is 24.3 Å². The third-order valence-corrected chi connectivity index (χ3v) is 3.44. The third kappa shape index (κ3) is 2.88.